The van der Waals surface area contributed by atoms with Crippen LogP contribution in [0.5, 0.6) is 5.75 Å². The third-order valence-corrected chi connectivity index (χ3v) is 4.13. The number of nitrogens with zero attached hydrogens (tertiary/aromatic N) is 1. The molecular formula is C16H24N2O. The molecule has 1 aromatic rings. The van der Waals surface area contributed by atoms with Gasteiger partial charge >= 0.3 is 0 Å². The predicted molar refractivity (Wildman–Crippen MR) is 79.0 cm³/mol. The van der Waals surface area contributed by atoms with Gasteiger partial charge in [-0.05, 0) is 50.8 Å². The van der Waals surface area contributed by atoms with Crippen molar-refractivity contribution in [2.24, 2.45) is 5.92 Å². The predicted octanol–water partition coefficient (Wildman–Crippen LogP) is 2.66. The maximum Gasteiger partial charge on any atom is 0.142 e. The van der Waals surface area contributed by atoms with Crippen molar-refractivity contribution in [2.45, 2.75) is 32.2 Å². The van der Waals surface area contributed by atoms with Crippen LogP contribution in [0.1, 0.15) is 26.2 Å². The van der Waals surface area contributed by atoms with E-state index in [9.17, 15) is 0 Å². The van der Waals surface area contributed by atoms with Gasteiger partial charge in [-0.25, -0.2) is 0 Å². The van der Waals surface area contributed by atoms with Gasteiger partial charge in [0.2, 0.25) is 0 Å². The van der Waals surface area contributed by atoms with Crippen LogP contribution < -0.4 is 15.0 Å². The molecule has 2 aliphatic rings. The molecule has 1 aliphatic carbocycles. The number of anilines is 1. The molecule has 0 amide bonds. The van der Waals surface area contributed by atoms with E-state index in [1.807, 2.05) is 6.92 Å². The first-order valence-corrected chi connectivity index (χ1v) is 7.58. The molecule has 3 nitrogen and oxygen atoms in total. The van der Waals surface area contributed by atoms with E-state index in [1.54, 1.807) is 0 Å². The van der Waals surface area contributed by atoms with E-state index in [-0.39, 0.29) is 0 Å². The number of nitrogens with one attached hydrogen (secondary N) is 1. The second-order valence-electron chi connectivity index (χ2n) is 5.60. The maximum atomic E-state index is 5.78. The summed E-state index contributed by atoms with van der Waals surface area (Å²) in [6, 6.07) is 9.12. The zero-order valence-electron chi connectivity index (χ0n) is 11.8. The van der Waals surface area contributed by atoms with Crippen molar-refractivity contribution in [2.75, 3.05) is 31.1 Å². The second kappa shape index (κ2) is 5.83. The molecule has 1 saturated heterocycles. The summed E-state index contributed by atoms with van der Waals surface area (Å²) in [4.78, 5) is 2.51. The monoisotopic (exact) mass is 260 g/mol. The third-order valence-electron chi connectivity index (χ3n) is 4.13. The number of para-hydroxylation sites is 2. The minimum absolute atomic E-state index is 0.664. The van der Waals surface area contributed by atoms with Crippen molar-refractivity contribution in [1.29, 1.82) is 0 Å². The Morgan fingerprint density at radius 3 is 2.95 bits per heavy atom. The molecule has 0 aromatic heterocycles. The fraction of sp³-hybridized carbons (Fsp3) is 0.625. The molecular weight excluding hydrogens is 236 g/mol. The van der Waals surface area contributed by atoms with E-state index in [4.69, 9.17) is 4.74 Å². The molecule has 1 aliphatic heterocycles. The Bertz CT molecular complexity index is 417. The molecule has 3 heteroatoms. The summed E-state index contributed by atoms with van der Waals surface area (Å²) in [5.74, 6) is 1.93. The summed E-state index contributed by atoms with van der Waals surface area (Å²) < 4.78 is 5.78. The van der Waals surface area contributed by atoms with Gasteiger partial charge in [0.1, 0.15) is 5.75 Å². The first-order chi connectivity index (χ1) is 9.38. The highest BCUT2D eigenvalue weighted by molar-refractivity contribution is 5.58. The van der Waals surface area contributed by atoms with E-state index in [2.05, 4.69) is 34.5 Å². The van der Waals surface area contributed by atoms with Crippen LogP contribution in [-0.4, -0.2) is 32.3 Å². The summed E-state index contributed by atoms with van der Waals surface area (Å²) >= 11 is 0. The van der Waals surface area contributed by atoms with Gasteiger partial charge in [0.25, 0.3) is 0 Å². The van der Waals surface area contributed by atoms with Crippen LogP contribution in [0, 0.1) is 5.92 Å². The van der Waals surface area contributed by atoms with Crippen LogP contribution in [0.15, 0.2) is 24.3 Å². The van der Waals surface area contributed by atoms with Gasteiger partial charge in [-0.3, -0.25) is 0 Å². The van der Waals surface area contributed by atoms with Crippen molar-refractivity contribution in [3.05, 3.63) is 24.3 Å². The molecule has 1 heterocycles. The van der Waals surface area contributed by atoms with Gasteiger partial charge in [-0.15, -0.1) is 0 Å². The lowest BCUT2D eigenvalue weighted by Gasteiger charge is -2.28. The highest BCUT2D eigenvalue weighted by atomic mass is 16.5. The summed E-state index contributed by atoms with van der Waals surface area (Å²) in [5.41, 5.74) is 1.26. The molecule has 1 N–H and O–H groups in total. The van der Waals surface area contributed by atoms with Crippen LogP contribution >= 0.6 is 0 Å². The molecule has 1 unspecified atom stereocenters. The van der Waals surface area contributed by atoms with Gasteiger partial charge in [-0.1, -0.05) is 12.1 Å². The van der Waals surface area contributed by atoms with Crippen molar-refractivity contribution in [1.82, 2.24) is 5.32 Å². The van der Waals surface area contributed by atoms with E-state index >= 15 is 0 Å². The summed E-state index contributed by atoms with van der Waals surface area (Å²) in [6.07, 6.45) is 4.01. The SMILES string of the molecule is CCOc1ccccc1N1CCCNC(C2CC2)C1. The van der Waals surface area contributed by atoms with Crippen LogP contribution in [0.3, 0.4) is 0 Å². The lowest BCUT2D eigenvalue weighted by Crippen LogP contribution is -2.39. The summed E-state index contributed by atoms with van der Waals surface area (Å²) in [6.45, 7) is 6.17. The number of rotatable bonds is 4. The fourth-order valence-corrected chi connectivity index (χ4v) is 2.98. The largest absolute Gasteiger partial charge is 0.492 e. The Kier molecular flexibility index (Phi) is 3.92. The Morgan fingerprint density at radius 2 is 2.16 bits per heavy atom. The van der Waals surface area contributed by atoms with Crippen LogP contribution in [0.2, 0.25) is 0 Å². The summed E-state index contributed by atoms with van der Waals surface area (Å²) in [5, 5.41) is 3.71. The molecule has 0 radical (unpaired) electrons. The highest BCUT2D eigenvalue weighted by Crippen LogP contribution is 2.35. The second-order valence-corrected chi connectivity index (χ2v) is 5.60. The zero-order valence-corrected chi connectivity index (χ0v) is 11.8. The van der Waals surface area contributed by atoms with Crippen LogP contribution in [0.25, 0.3) is 0 Å². The topological polar surface area (TPSA) is 24.5 Å². The molecule has 104 valence electrons. The number of ether oxygens (including phenoxy) is 1. The van der Waals surface area contributed by atoms with Gasteiger partial charge in [0.15, 0.2) is 0 Å². The molecule has 3 rings (SSSR count). The fourth-order valence-electron chi connectivity index (χ4n) is 2.98. The molecule has 2 fully saturated rings. The Morgan fingerprint density at radius 1 is 1.32 bits per heavy atom. The molecule has 19 heavy (non-hydrogen) atoms. The maximum absolute atomic E-state index is 5.78. The van der Waals surface area contributed by atoms with E-state index < -0.39 is 0 Å². The standard InChI is InChI=1S/C16H24N2O/c1-2-19-16-7-4-3-6-15(16)18-11-5-10-17-14(12-18)13-8-9-13/h3-4,6-7,13-14,17H,2,5,8-12H2,1H3. The Labute approximate surface area is 115 Å². The average molecular weight is 260 g/mol. The van der Waals surface area contributed by atoms with Crippen molar-refractivity contribution >= 4 is 5.69 Å². The van der Waals surface area contributed by atoms with Gasteiger partial charge in [0, 0.05) is 19.1 Å². The van der Waals surface area contributed by atoms with E-state index in [1.165, 1.54) is 24.9 Å². The molecule has 0 spiro atoms. The van der Waals surface area contributed by atoms with Gasteiger partial charge < -0.3 is 15.0 Å². The minimum Gasteiger partial charge on any atom is -0.492 e. The summed E-state index contributed by atoms with van der Waals surface area (Å²) in [7, 11) is 0. The normalized spacial score (nSPS) is 24.1. The molecule has 1 saturated carbocycles. The van der Waals surface area contributed by atoms with Crippen LogP contribution in [-0.2, 0) is 0 Å². The molecule has 0 bridgehead atoms. The van der Waals surface area contributed by atoms with Crippen molar-refractivity contribution < 1.29 is 4.74 Å². The number of hydrogen-bond donors (Lipinski definition) is 1. The van der Waals surface area contributed by atoms with Crippen molar-refractivity contribution in [3.8, 4) is 5.75 Å². The lowest BCUT2D eigenvalue weighted by atomic mass is 10.1. The zero-order chi connectivity index (χ0) is 13.1. The number of benzene rings is 1. The first-order valence-electron chi connectivity index (χ1n) is 7.58. The Hall–Kier alpha value is -1.22. The smallest absolute Gasteiger partial charge is 0.142 e. The molecule has 1 atom stereocenters. The van der Waals surface area contributed by atoms with Gasteiger partial charge in [-0.2, -0.15) is 0 Å². The average Bonchev–Trinajstić information content (AvgIpc) is 3.26. The van der Waals surface area contributed by atoms with E-state index in [0.29, 0.717) is 6.04 Å². The first kappa shape index (κ1) is 12.8. The quantitative estimate of drug-likeness (QED) is 0.901. The van der Waals surface area contributed by atoms with Crippen LogP contribution in [0.4, 0.5) is 5.69 Å². The van der Waals surface area contributed by atoms with E-state index in [0.717, 1.165) is 37.9 Å². The number of hydrogen-bond acceptors (Lipinski definition) is 3. The lowest BCUT2D eigenvalue weighted by molar-refractivity contribution is 0.340. The minimum atomic E-state index is 0.664. The van der Waals surface area contributed by atoms with Gasteiger partial charge in [0.05, 0.1) is 12.3 Å². The Balaban J connectivity index is 1.78. The highest BCUT2D eigenvalue weighted by Gasteiger charge is 2.33. The van der Waals surface area contributed by atoms with Crippen molar-refractivity contribution in [3.63, 3.8) is 0 Å². The third kappa shape index (κ3) is 3.03. The molecule has 1 aromatic carbocycles.